The van der Waals surface area contributed by atoms with Crippen molar-refractivity contribution in [2.24, 2.45) is 0 Å². The fourth-order valence-corrected chi connectivity index (χ4v) is 3.67. The van der Waals surface area contributed by atoms with Crippen molar-refractivity contribution in [3.63, 3.8) is 0 Å². The first-order valence-corrected chi connectivity index (χ1v) is 10.6. The van der Waals surface area contributed by atoms with Gasteiger partial charge in [-0.25, -0.2) is 0 Å². The van der Waals surface area contributed by atoms with Gasteiger partial charge < -0.3 is 19.5 Å². The van der Waals surface area contributed by atoms with Gasteiger partial charge in [0.25, 0.3) is 0 Å². The predicted molar refractivity (Wildman–Crippen MR) is 122 cm³/mol. The summed E-state index contributed by atoms with van der Waals surface area (Å²) in [5.74, 6) is 2.57. The Hall–Kier alpha value is -3.79. The Morgan fingerprint density at radius 1 is 0.938 bits per heavy atom. The van der Waals surface area contributed by atoms with Crippen molar-refractivity contribution >= 4 is 29.0 Å². The first-order valence-electron chi connectivity index (χ1n) is 9.63. The van der Waals surface area contributed by atoms with Gasteiger partial charge in [0.2, 0.25) is 5.91 Å². The summed E-state index contributed by atoms with van der Waals surface area (Å²) in [7, 11) is 4.76. The molecule has 4 rings (SSSR count). The van der Waals surface area contributed by atoms with Crippen molar-refractivity contribution in [3.8, 4) is 28.6 Å². The summed E-state index contributed by atoms with van der Waals surface area (Å²) in [5, 5.41) is 16.6. The van der Waals surface area contributed by atoms with E-state index in [0.717, 1.165) is 11.3 Å². The lowest BCUT2D eigenvalue weighted by molar-refractivity contribution is -0.113. The van der Waals surface area contributed by atoms with Crippen molar-refractivity contribution in [2.45, 2.75) is 5.03 Å². The van der Waals surface area contributed by atoms with Gasteiger partial charge in [0.15, 0.2) is 23.0 Å². The third-order valence-electron chi connectivity index (χ3n) is 4.61. The Balaban J connectivity index is 1.49. The Labute approximate surface area is 188 Å². The van der Waals surface area contributed by atoms with E-state index in [1.165, 1.54) is 11.8 Å². The lowest BCUT2D eigenvalue weighted by Gasteiger charge is -2.09. The van der Waals surface area contributed by atoms with Gasteiger partial charge in [-0.15, -0.1) is 10.2 Å². The van der Waals surface area contributed by atoms with Crippen molar-refractivity contribution in [3.05, 3.63) is 54.6 Å². The number of aromatic nitrogens is 4. The van der Waals surface area contributed by atoms with Gasteiger partial charge in [-0.1, -0.05) is 11.8 Å². The molecule has 0 aliphatic carbocycles. The van der Waals surface area contributed by atoms with Crippen LogP contribution in [0.5, 0.6) is 17.2 Å². The van der Waals surface area contributed by atoms with Crippen LogP contribution >= 0.6 is 11.8 Å². The van der Waals surface area contributed by atoms with Crippen LogP contribution in [0.25, 0.3) is 17.0 Å². The lowest BCUT2D eigenvalue weighted by atomic mass is 10.2. The van der Waals surface area contributed by atoms with Crippen LogP contribution in [0.15, 0.2) is 59.6 Å². The molecule has 2 aromatic carbocycles. The van der Waals surface area contributed by atoms with Crippen LogP contribution in [-0.2, 0) is 4.79 Å². The number of ether oxygens (including phenoxy) is 3. The maximum absolute atomic E-state index is 12.3. The van der Waals surface area contributed by atoms with Crippen molar-refractivity contribution < 1.29 is 19.0 Å². The van der Waals surface area contributed by atoms with E-state index in [9.17, 15) is 4.79 Å². The molecule has 2 aromatic heterocycles. The fourth-order valence-electron chi connectivity index (χ4n) is 3.02. The molecule has 0 aliphatic heterocycles. The first kappa shape index (κ1) is 21.4. The largest absolute Gasteiger partial charge is 0.497 e. The maximum atomic E-state index is 12.3. The standard InChI is InChI=1S/C22H21N5O4S/c1-29-16-7-5-15(6-8-16)23-20(28)13-32-21-11-10-19-24-25-22(27(19)26-21)14-4-9-17(30-2)18(12-14)31-3/h4-12H,13H2,1-3H3,(H,23,28). The molecule has 0 saturated heterocycles. The molecule has 0 atom stereocenters. The molecular formula is C22H21N5O4S. The molecule has 2 heterocycles. The molecule has 0 radical (unpaired) electrons. The zero-order chi connectivity index (χ0) is 22.5. The molecule has 9 nitrogen and oxygen atoms in total. The van der Waals surface area contributed by atoms with E-state index in [1.54, 1.807) is 56.2 Å². The predicted octanol–water partition coefficient (Wildman–Crippen LogP) is 3.55. The van der Waals surface area contributed by atoms with Gasteiger partial charge in [0.1, 0.15) is 10.8 Å². The molecule has 1 amide bonds. The second kappa shape index (κ2) is 9.56. The summed E-state index contributed by atoms with van der Waals surface area (Å²) >= 11 is 1.32. The molecule has 0 fully saturated rings. The number of hydrogen-bond donors (Lipinski definition) is 1. The number of carbonyl (C=O) groups is 1. The van der Waals surface area contributed by atoms with Crippen LogP contribution in [0.3, 0.4) is 0 Å². The number of amides is 1. The number of methoxy groups -OCH3 is 3. The number of nitrogens with one attached hydrogen (secondary N) is 1. The highest BCUT2D eigenvalue weighted by atomic mass is 32.2. The second-order valence-corrected chi connectivity index (χ2v) is 7.60. The van der Waals surface area contributed by atoms with E-state index in [-0.39, 0.29) is 11.7 Å². The molecule has 0 aliphatic rings. The SMILES string of the molecule is COc1ccc(NC(=O)CSc2ccc3nnc(-c4ccc(OC)c(OC)c4)n3n2)cc1. The number of nitrogens with zero attached hydrogens (tertiary/aromatic N) is 4. The Morgan fingerprint density at radius 2 is 1.72 bits per heavy atom. The van der Waals surface area contributed by atoms with Crippen LogP contribution in [0.4, 0.5) is 5.69 Å². The first-order chi connectivity index (χ1) is 15.6. The normalized spacial score (nSPS) is 10.7. The highest BCUT2D eigenvalue weighted by Crippen LogP contribution is 2.31. The van der Waals surface area contributed by atoms with Gasteiger partial charge in [-0.3, -0.25) is 4.79 Å². The van der Waals surface area contributed by atoms with Crippen molar-refractivity contribution in [1.29, 1.82) is 0 Å². The van der Waals surface area contributed by atoms with Gasteiger partial charge in [0, 0.05) is 11.3 Å². The zero-order valence-corrected chi connectivity index (χ0v) is 18.5. The number of thioether (sulfide) groups is 1. The van der Waals surface area contributed by atoms with E-state index >= 15 is 0 Å². The van der Waals surface area contributed by atoms with Gasteiger partial charge >= 0.3 is 0 Å². The summed E-state index contributed by atoms with van der Waals surface area (Å²) in [6.45, 7) is 0. The highest BCUT2D eigenvalue weighted by molar-refractivity contribution is 7.99. The number of fused-ring (bicyclic) bond motifs is 1. The quantitative estimate of drug-likeness (QED) is 0.406. The topological polar surface area (TPSA) is 99.9 Å². The van der Waals surface area contributed by atoms with Crippen LogP contribution in [0.1, 0.15) is 0 Å². The molecular weight excluding hydrogens is 430 g/mol. The van der Waals surface area contributed by atoms with E-state index < -0.39 is 0 Å². The smallest absolute Gasteiger partial charge is 0.234 e. The van der Waals surface area contributed by atoms with Gasteiger partial charge in [0.05, 0.1) is 27.1 Å². The Bertz CT molecular complexity index is 1240. The molecule has 0 bridgehead atoms. The minimum atomic E-state index is -0.133. The third-order valence-corrected chi connectivity index (χ3v) is 5.53. The van der Waals surface area contributed by atoms with E-state index in [1.807, 2.05) is 24.3 Å². The molecule has 32 heavy (non-hydrogen) atoms. The van der Waals surface area contributed by atoms with Gasteiger partial charge in [-0.2, -0.15) is 9.61 Å². The minimum Gasteiger partial charge on any atom is -0.497 e. The van der Waals surface area contributed by atoms with Gasteiger partial charge in [-0.05, 0) is 54.6 Å². The Kier molecular flexibility index (Phi) is 6.41. The summed E-state index contributed by atoms with van der Waals surface area (Å²) in [6.07, 6.45) is 0. The van der Waals surface area contributed by atoms with Crippen molar-refractivity contribution in [1.82, 2.24) is 19.8 Å². The Morgan fingerprint density at radius 3 is 2.44 bits per heavy atom. The molecule has 164 valence electrons. The summed E-state index contributed by atoms with van der Waals surface area (Å²) in [6, 6.07) is 16.3. The van der Waals surface area contributed by atoms with Crippen LogP contribution < -0.4 is 19.5 Å². The molecule has 0 spiro atoms. The second-order valence-electron chi connectivity index (χ2n) is 6.60. The highest BCUT2D eigenvalue weighted by Gasteiger charge is 2.14. The monoisotopic (exact) mass is 451 g/mol. The number of carbonyl (C=O) groups excluding carboxylic acids is 1. The lowest BCUT2D eigenvalue weighted by Crippen LogP contribution is -2.14. The van der Waals surface area contributed by atoms with Crippen molar-refractivity contribution in [2.75, 3.05) is 32.4 Å². The minimum absolute atomic E-state index is 0.133. The summed E-state index contributed by atoms with van der Waals surface area (Å²) in [4.78, 5) is 12.3. The zero-order valence-electron chi connectivity index (χ0n) is 17.7. The molecule has 0 unspecified atom stereocenters. The van der Waals surface area contributed by atoms with Crippen LogP contribution in [-0.4, -0.2) is 52.8 Å². The van der Waals surface area contributed by atoms with E-state index in [2.05, 4.69) is 20.6 Å². The summed E-state index contributed by atoms with van der Waals surface area (Å²) in [5.41, 5.74) is 2.08. The molecule has 1 N–H and O–H groups in total. The average molecular weight is 452 g/mol. The van der Waals surface area contributed by atoms with E-state index in [0.29, 0.717) is 33.7 Å². The number of hydrogen-bond acceptors (Lipinski definition) is 8. The van der Waals surface area contributed by atoms with E-state index in [4.69, 9.17) is 14.2 Å². The van der Waals surface area contributed by atoms with Crippen LogP contribution in [0, 0.1) is 0 Å². The fraction of sp³-hybridized carbons (Fsp3) is 0.182. The third kappa shape index (κ3) is 4.59. The number of rotatable bonds is 8. The molecule has 0 saturated carbocycles. The van der Waals surface area contributed by atoms with Crippen LogP contribution in [0.2, 0.25) is 0 Å². The molecule has 10 heteroatoms. The molecule has 4 aromatic rings. The maximum Gasteiger partial charge on any atom is 0.234 e. The average Bonchev–Trinajstić information content (AvgIpc) is 3.26. The summed E-state index contributed by atoms with van der Waals surface area (Å²) < 4.78 is 17.4. The number of benzene rings is 2. The number of anilines is 1.